The predicted octanol–water partition coefficient (Wildman–Crippen LogP) is 4.69. The van der Waals surface area contributed by atoms with Crippen LogP contribution in [-0.4, -0.2) is 38.3 Å². The van der Waals surface area contributed by atoms with Crippen molar-refractivity contribution in [3.05, 3.63) is 51.5 Å². The molecule has 1 amide bonds. The minimum Gasteiger partial charge on any atom is -0.482 e. The minimum absolute atomic E-state index is 0.0637. The fourth-order valence-electron chi connectivity index (χ4n) is 2.39. The maximum atomic E-state index is 12.5. The molecule has 6 nitrogen and oxygen atoms in total. The number of nitrogens with one attached hydrogen (secondary N) is 1. The molecule has 0 spiro atoms. The third kappa shape index (κ3) is 5.52. The monoisotopic (exact) mass is 464 g/mol. The number of benzene rings is 2. The summed E-state index contributed by atoms with van der Waals surface area (Å²) in [6, 6.07) is 8.80. The third-order valence-corrected chi connectivity index (χ3v) is 6.89. The lowest BCUT2D eigenvalue weighted by Crippen LogP contribution is -2.30. The van der Waals surface area contributed by atoms with E-state index in [9.17, 15) is 13.2 Å². The Labute approximate surface area is 179 Å². The highest BCUT2D eigenvalue weighted by atomic mass is 35.5. The van der Waals surface area contributed by atoms with Crippen molar-refractivity contribution in [2.45, 2.75) is 18.7 Å². The molecule has 0 unspecified atom stereocenters. The lowest BCUT2D eigenvalue weighted by molar-refractivity contribution is -0.118. The Morgan fingerprint density at radius 3 is 2.25 bits per heavy atom. The van der Waals surface area contributed by atoms with Crippen molar-refractivity contribution in [1.29, 1.82) is 0 Å². The lowest BCUT2D eigenvalue weighted by Gasteiger charge is -2.19. The molecule has 0 aromatic heterocycles. The molecule has 0 aliphatic rings. The molecule has 0 aliphatic carbocycles. The first-order valence-electron chi connectivity index (χ1n) is 8.36. The molecule has 0 aliphatic heterocycles. The van der Waals surface area contributed by atoms with Crippen LogP contribution in [0.5, 0.6) is 5.75 Å². The maximum Gasteiger partial charge on any atom is 0.262 e. The molecular weight excluding hydrogens is 447 g/mol. The van der Waals surface area contributed by atoms with Gasteiger partial charge in [0.1, 0.15) is 5.75 Å². The Bertz CT molecular complexity index is 963. The summed E-state index contributed by atoms with van der Waals surface area (Å²) >= 11 is 17.9. The lowest BCUT2D eigenvalue weighted by atomic mass is 10.3. The standard InChI is InChI=1S/C18H19Cl3N2O4S/c1-3-23(4-2)28(25,26)13-6-8-17(16(21)10-13)27-11-18(24)22-12-5-7-14(19)15(20)9-12/h5-10H,3-4,11H2,1-2H3,(H,22,24). The zero-order valence-electron chi connectivity index (χ0n) is 15.2. The number of sulfonamides is 1. The molecule has 0 fully saturated rings. The zero-order valence-corrected chi connectivity index (χ0v) is 18.3. The predicted molar refractivity (Wildman–Crippen MR) is 112 cm³/mol. The van der Waals surface area contributed by atoms with Crippen LogP contribution >= 0.6 is 34.8 Å². The summed E-state index contributed by atoms with van der Waals surface area (Å²) in [6.07, 6.45) is 0. The molecule has 2 rings (SSSR count). The van der Waals surface area contributed by atoms with Crippen LogP contribution in [0.4, 0.5) is 5.69 Å². The Balaban J connectivity index is 2.05. The van der Waals surface area contributed by atoms with Crippen molar-refractivity contribution in [3.63, 3.8) is 0 Å². The minimum atomic E-state index is -3.63. The molecule has 28 heavy (non-hydrogen) atoms. The molecule has 0 saturated heterocycles. The smallest absolute Gasteiger partial charge is 0.262 e. The van der Waals surface area contributed by atoms with E-state index in [1.165, 1.54) is 28.6 Å². The van der Waals surface area contributed by atoms with Gasteiger partial charge in [0.2, 0.25) is 10.0 Å². The largest absolute Gasteiger partial charge is 0.482 e. The van der Waals surface area contributed by atoms with Crippen molar-refractivity contribution >= 4 is 56.4 Å². The van der Waals surface area contributed by atoms with Crippen LogP contribution in [0.3, 0.4) is 0 Å². The average molecular weight is 466 g/mol. The number of carbonyl (C=O) groups is 1. The number of nitrogens with zero attached hydrogens (tertiary/aromatic N) is 1. The number of halogens is 3. The Morgan fingerprint density at radius 2 is 1.68 bits per heavy atom. The van der Waals surface area contributed by atoms with Crippen LogP contribution in [0, 0.1) is 0 Å². The molecule has 2 aromatic rings. The molecule has 1 N–H and O–H groups in total. The van der Waals surface area contributed by atoms with Gasteiger partial charge in [0.05, 0.1) is 20.0 Å². The Hall–Kier alpha value is -1.51. The molecule has 0 bridgehead atoms. The van der Waals surface area contributed by atoms with Gasteiger partial charge in [0, 0.05) is 18.8 Å². The van der Waals surface area contributed by atoms with Crippen LogP contribution in [0.25, 0.3) is 0 Å². The van der Waals surface area contributed by atoms with E-state index in [1.54, 1.807) is 26.0 Å². The highest BCUT2D eigenvalue weighted by molar-refractivity contribution is 7.89. The third-order valence-electron chi connectivity index (χ3n) is 3.81. The summed E-state index contributed by atoms with van der Waals surface area (Å²) in [7, 11) is -3.63. The number of amides is 1. The molecule has 0 heterocycles. The molecule has 2 aromatic carbocycles. The maximum absolute atomic E-state index is 12.5. The fraction of sp³-hybridized carbons (Fsp3) is 0.278. The van der Waals surface area contributed by atoms with Gasteiger partial charge >= 0.3 is 0 Å². The zero-order chi connectivity index (χ0) is 20.9. The van der Waals surface area contributed by atoms with E-state index in [1.807, 2.05) is 0 Å². The van der Waals surface area contributed by atoms with Gasteiger partial charge in [-0.3, -0.25) is 4.79 Å². The Morgan fingerprint density at radius 1 is 1.00 bits per heavy atom. The summed E-state index contributed by atoms with van der Waals surface area (Å²) in [5.41, 5.74) is 0.467. The molecule has 10 heteroatoms. The first-order chi connectivity index (χ1) is 13.2. The van der Waals surface area contributed by atoms with Gasteiger partial charge in [0.15, 0.2) is 6.61 Å². The van der Waals surface area contributed by atoms with E-state index < -0.39 is 15.9 Å². The van der Waals surface area contributed by atoms with Gasteiger partial charge in [-0.05, 0) is 36.4 Å². The molecule has 0 radical (unpaired) electrons. The summed E-state index contributed by atoms with van der Waals surface area (Å²) in [4.78, 5) is 12.1. The van der Waals surface area contributed by atoms with Crippen LogP contribution in [0.15, 0.2) is 41.3 Å². The number of carbonyl (C=O) groups excluding carboxylic acids is 1. The van der Waals surface area contributed by atoms with E-state index in [-0.39, 0.29) is 22.3 Å². The van der Waals surface area contributed by atoms with Crippen LogP contribution in [0.2, 0.25) is 15.1 Å². The van der Waals surface area contributed by atoms with Gasteiger partial charge in [-0.15, -0.1) is 0 Å². The van der Waals surface area contributed by atoms with Gasteiger partial charge < -0.3 is 10.1 Å². The second-order valence-electron chi connectivity index (χ2n) is 5.65. The molecular formula is C18H19Cl3N2O4S. The van der Waals surface area contributed by atoms with Crippen LogP contribution < -0.4 is 10.1 Å². The number of rotatable bonds is 8. The normalized spacial score (nSPS) is 11.5. The second-order valence-corrected chi connectivity index (χ2v) is 8.81. The van der Waals surface area contributed by atoms with Crippen molar-refractivity contribution in [2.24, 2.45) is 0 Å². The highest BCUT2D eigenvalue weighted by Crippen LogP contribution is 2.29. The average Bonchev–Trinajstić information content (AvgIpc) is 2.64. The van der Waals surface area contributed by atoms with Crippen molar-refractivity contribution in [2.75, 3.05) is 25.0 Å². The fourth-order valence-corrected chi connectivity index (χ4v) is 4.47. The van der Waals surface area contributed by atoms with E-state index in [4.69, 9.17) is 39.5 Å². The number of anilines is 1. The van der Waals surface area contributed by atoms with E-state index in [0.29, 0.717) is 28.8 Å². The van der Waals surface area contributed by atoms with Gasteiger partial charge in [-0.25, -0.2) is 8.42 Å². The first-order valence-corrected chi connectivity index (χ1v) is 10.9. The van der Waals surface area contributed by atoms with Crippen molar-refractivity contribution < 1.29 is 17.9 Å². The van der Waals surface area contributed by atoms with Gasteiger partial charge in [0.25, 0.3) is 5.91 Å². The van der Waals surface area contributed by atoms with E-state index in [2.05, 4.69) is 5.32 Å². The summed E-state index contributed by atoms with van der Waals surface area (Å²) in [5.74, 6) is -0.237. The second kappa shape index (κ2) is 9.80. The van der Waals surface area contributed by atoms with Gasteiger partial charge in [-0.2, -0.15) is 4.31 Å². The van der Waals surface area contributed by atoms with Crippen LogP contribution in [0.1, 0.15) is 13.8 Å². The highest BCUT2D eigenvalue weighted by Gasteiger charge is 2.22. The van der Waals surface area contributed by atoms with Crippen molar-refractivity contribution in [1.82, 2.24) is 4.31 Å². The quantitative estimate of drug-likeness (QED) is 0.613. The van der Waals surface area contributed by atoms with Crippen LogP contribution in [-0.2, 0) is 14.8 Å². The van der Waals surface area contributed by atoms with E-state index >= 15 is 0 Å². The number of ether oxygens (including phenoxy) is 1. The summed E-state index contributed by atoms with van der Waals surface area (Å²) in [6.45, 7) is 3.90. The van der Waals surface area contributed by atoms with Crippen molar-refractivity contribution in [3.8, 4) is 5.75 Å². The molecule has 0 atom stereocenters. The number of hydrogen-bond acceptors (Lipinski definition) is 4. The first kappa shape index (κ1) is 22.8. The van der Waals surface area contributed by atoms with Gasteiger partial charge in [-0.1, -0.05) is 48.7 Å². The Kier molecular flexibility index (Phi) is 7.97. The molecule has 0 saturated carbocycles. The number of hydrogen-bond donors (Lipinski definition) is 1. The topological polar surface area (TPSA) is 75.7 Å². The summed E-state index contributed by atoms with van der Waals surface area (Å²) in [5, 5.41) is 3.40. The molecule has 152 valence electrons. The SMILES string of the molecule is CCN(CC)S(=O)(=O)c1ccc(OCC(=O)Nc2ccc(Cl)c(Cl)c2)c(Cl)c1. The summed E-state index contributed by atoms with van der Waals surface area (Å²) < 4.78 is 31.8. The van der Waals surface area contributed by atoms with E-state index in [0.717, 1.165) is 0 Å².